The van der Waals surface area contributed by atoms with Crippen molar-refractivity contribution < 1.29 is 56.8 Å². The van der Waals surface area contributed by atoms with Crippen LogP contribution in [0.25, 0.3) is 0 Å². The van der Waals surface area contributed by atoms with Gasteiger partial charge in [0.25, 0.3) is 0 Å². The summed E-state index contributed by atoms with van der Waals surface area (Å²) in [5.41, 5.74) is 11.5. The minimum absolute atomic E-state index is 0.394. The highest BCUT2D eigenvalue weighted by Gasteiger charge is 2.32. The molecule has 12 aromatic rings. The minimum atomic E-state index is 0.394. The number of nitriles is 2. The van der Waals surface area contributed by atoms with Crippen molar-refractivity contribution in [2.75, 3.05) is 79.0 Å². The number of rotatable bonds is 20. The molecule has 8 aliphatic rings. The highest BCUT2D eigenvalue weighted by molar-refractivity contribution is 9.10. The lowest BCUT2D eigenvalue weighted by Crippen LogP contribution is -2.23. The maximum Gasteiger partial charge on any atom is 0.161 e. The molecule has 22 heteroatoms. The average molecular weight is 1760 g/mol. The maximum absolute atomic E-state index is 8.90. The summed E-state index contributed by atoms with van der Waals surface area (Å²) in [6.07, 6.45) is 16.3. The van der Waals surface area contributed by atoms with Gasteiger partial charge in [-0.1, -0.05) is 72.8 Å². The Morgan fingerprint density at radius 1 is 0.279 bits per heavy atom. The summed E-state index contributed by atoms with van der Waals surface area (Å²) in [5.74, 6) is 12.9. The molecular formula is C100H94Br2N8O12. The molecule has 122 heavy (non-hydrogen) atoms. The van der Waals surface area contributed by atoms with Crippen molar-refractivity contribution >= 4 is 31.9 Å². The van der Waals surface area contributed by atoms with Crippen molar-refractivity contribution in [1.29, 1.82) is 10.5 Å². The van der Waals surface area contributed by atoms with Gasteiger partial charge in [0.1, 0.15) is 98.9 Å². The SMILES string of the molecule is Brc1cncc(Oc2ccc(CN3CCC[C@@H]3c3ccc4c(c3)OCCO4)cc2)c1.Brc1cncc(Oc2ccc(CN3CCC[C@H]3c3ccc4c(c3)OCCO4)cc2)c1.N#Cc1ccc(Oc2ccc(CN3CCC[C@@H]3c3ccc4c(c3)OCCO4)cc2)cc1.N#Cc1ccc(Oc2ccc(CN3CCC[C@H]3c3ccc4c(c3)OCCO4)cc2)cc1. The van der Waals surface area contributed by atoms with Crippen molar-refractivity contribution in [3.05, 3.63) is 320 Å². The normalized spacial score (nSPS) is 18.1. The third-order valence-corrected chi connectivity index (χ3v) is 23.6. The van der Waals surface area contributed by atoms with Crippen LogP contribution in [0.3, 0.4) is 0 Å². The molecule has 4 fully saturated rings. The van der Waals surface area contributed by atoms with Gasteiger partial charge < -0.3 is 56.8 Å². The van der Waals surface area contributed by atoms with E-state index in [0.717, 1.165) is 179 Å². The zero-order valence-electron chi connectivity index (χ0n) is 67.8. The Labute approximate surface area is 728 Å². The second-order valence-electron chi connectivity index (χ2n) is 31.1. The number of halogens is 2. The van der Waals surface area contributed by atoms with Crippen LogP contribution in [0.2, 0.25) is 0 Å². The standard InChI is InChI=1S/2C26H24N2O3.2C24H23BrN2O3/c2*27-17-19-3-8-22(9-4-19)31-23-10-5-20(6-11-23)18-28-13-1-2-24(28)21-7-12-25-26(16-21)30-15-14-29-25;2*25-19-13-21(15-26-14-19)30-20-6-3-17(4-7-20)16-27-9-1-2-22(27)18-5-8-23-24(12-18)29-11-10-28-23/h2*3-12,16,24H,1-2,13-15,18H2;2*3-8,12-15,22H,1-2,9-11,16H2/t2*24-;2*22-/m1010/s1. The second kappa shape index (κ2) is 40.0. The van der Waals surface area contributed by atoms with Gasteiger partial charge in [0.2, 0.25) is 0 Å². The Hall–Kier alpha value is -12.1. The Morgan fingerprint density at radius 3 is 0.746 bits per heavy atom. The van der Waals surface area contributed by atoms with E-state index >= 15 is 0 Å². The van der Waals surface area contributed by atoms with Crippen LogP contribution in [-0.2, 0) is 26.2 Å². The first-order valence-electron chi connectivity index (χ1n) is 41.9. The Kier molecular flexibility index (Phi) is 27.0. The monoisotopic (exact) mass is 1760 g/mol. The van der Waals surface area contributed by atoms with E-state index in [0.29, 0.717) is 88.1 Å². The summed E-state index contributed by atoms with van der Waals surface area (Å²) in [6, 6.07) is 82.5. The number of pyridine rings is 2. The van der Waals surface area contributed by atoms with E-state index in [2.05, 4.69) is 171 Å². The number of hydrogen-bond donors (Lipinski definition) is 0. The van der Waals surface area contributed by atoms with Crippen LogP contribution >= 0.6 is 31.9 Å². The van der Waals surface area contributed by atoms with Gasteiger partial charge in [-0.25, -0.2) is 0 Å². The van der Waals surface area contributed by atoms with Crippen LogP contribution < -0.4 is 56.8 Å². The third-order valence-electron chi connectivity index (χ3n) is 22.8. The lowest BCUT2D eigenvalue weighted by molar-refractivity contribution is 0.170. The summed E-state index contributed by atoms with van der Waals surface area (Å²) < 4.78 is 71.2. The van der Waals surface area contributed by atoms with Crippen LogP contribution in [0.1, 0.15) is 131 Å². The molecule has 20 rings (SSSR count). The van der Waals surface area contributed by atoms with Gasteiger partial charge in [0.05, 0.1) is 35.7 Å². The Morgan fingerprint density at radius 2 is 0.508 bits per heavy atom. The summed E-state index contributed by atoms with van der Waals surface area (Å²) in [6.45, 7) is 12.9. The number of hydrogen-bond acceptors (Lipinski definition) is 20. The Balaban J connectivity index is 0.000000116. The molecular weight excluding hydrogens is 1660 g/mol. The van der Waals surface area contributed by atoms with Gasteiger partial charge in [-0.15, -0.1) is 0 Å². The third kappa shape index (κ3) is 21.4. The molecule has 2 aromatic heterocycles. The Bertz CT molecular complexity index is 5260. The van der Waals surface area contributed by atoms with Crippen molar-refractivity contribution in [3.63, 3.8) is 0 Å². The number of likely N-dealkylation sites (tertiary alicyclic amines) is 4. The molecule has 0 radical (unpaired) electrons. The van der Waals surface area contributed by atoms with E-state index < -0.39 is 0 Å². The molecule has 10 aromatic carbocycles. The van der Waals surface area contributed by atoms with Crippen LogP contribution in [0.15, 0.2) is 264 Å². The predicted octanol–water partition coefficient (Wildman–Crippen LogP) is 22.4. The summed E-state index contributed by atoms with van der Waals surface area (Å²) in [7, 11) is 0. The number of benzene rings is 10. The molecule has 8 aliphatic heterocycles. The van der Waals surface area contributed by atoms with Gasteiger partial charge in [-0.3, -0.25) is 29.6 Å². The molecule has 0 N–H and O–H groups in total. The topological polar surface area (TPSA) is 197 Å². The molecule has 0 spiro atoms. The number of ether oxygens (including phenoxy) is 12. The van der Waals surface area contributed by atoms with Crippen molar-refractivity contribution in [3.8, 4) is 104 Å². The molecule has 0 saturated carbocycles. The number of fused-ring (bicyclic) bond motifs is 4. The molecule has 0 aliphatic carbocycles. The first-order chi connectivity index (χ1) is 60.0. The van der Waals surface area contributed by atoms with E-state index in [9.17, 15) is 0 Å². The van der Waals surface area contributed by atoms with E-state index in [1.54, 1.807) is 49.1 Å². The molecule has 4 saturated heterocycles. The van der Waals surface area contributed by atoms with Crippen LogP contribution in [0.4, 0.5) is 0 Å². The van der Waals surface area contributed by atoms with E-state index in [-0.39, 0.29) is 0 Å². The number of aromatic nitrogens is 2. The zero-order valence-corrected chi connectivity index (χ0v) is 70.9. The minimum Gasteiger partial charge on any atom is -0.486 e. The molecule has 0 unspecified atom stereocenters. The predicted molar refractivity (Wildman–Crippen MR) is 472 cm³/mol. The molecule has 0 amide bonds. The van der Waals surface area contributed by atoms with Gasteiger partial charge in [0, 0.05) is 71.7 Å². The van der Waals surface area contributed by atoms with Crippen molar-refractivity contribution in [2.45, 2.75) is 102 Å². The highest BCUT2D eigenvalue weighted by Crippen LogP contribution is 2.45. The first-order valence-corrected chi connectivity index (χ1v) is 43.5. The second-order valence-corrected chi connectivity index (χ2v) is 32.9. The van der Waals surface area contributed by atoms with E-state index in [4.69, 9.17) is 67.4 Å². The summed E-state index contributed by atoms with van der Waals surface area (Å²) in [4.78, 5) is 18.4. The maximum atomic E-state index is 8.90. The summed E-state index contributed by atoms with van der Waals surface area (Å²) >= 11 is 6.84. The van der Waals surface area contributed by atoms with E-state index in [1.165, 1.54) is 70.2 Å². The highest BCUT2D eigenvalue weighted by atomic mass is 79.9. The van der Waals surface area contributed by atoms with Gasteiger partial charge >= 0.3 is 0 Å². The molecule has 4 atom stereocenters. The largest absolute Gasteiger partial charge is 0.486 e. The van der Waals surface area contributed by atoms with Crippen LogP contribution in [0, 0.1) is 22.7 Å². The molecule has 620 valence electrons. The summed E-state index contributed by atoms with van der Waals surface area (Å²) in [5, 5.41) is 17.8. The smallest absolute Gasteiger partial charge is 0.161 e. The van der Waals surface area contributed by atoms with Crippen LogP contribution in [0.5, 0.6) is 92.0 Å². The quantitative estimate of drug-likeness (QED) is 0.0697. The lowest BCUT2D eigenvalue weighted by Gasteiger charge is -2.26. The van der Waals surface area contributed by atoms with Crippen molar-refractivity contribution in [2.24, 2.45) is 0 Å². The first kappa shape index (κ1) is 82.2. The fraction of sp³-hybridized carbons (Fsp3) is 0.280. The van der Waals surface area contributed by atoms with Crippen LogP contribution in [-0.4, -0.2) is 109 Å². The van der Waals surface area contributed by atoms with Gasteiger partial charge in [-0.2, -0.15) is 10.5 Å². The fourth-order valence-electron chi connectivity index (χ4n) is 16.9. The molecule has 20 nitrogen and oxygen atoms in total. The van der Waals surface area contributed by atoms with Gasteiger partial charge in [-0.05, 0) is 312 Å². The van der Waals surface area contributed by atoms with E-state index in [1.807, 2.05) is 109 Å². The number of nitrogens with zero attached hydrogens (tertiary/aromatic N) is 8. The fourth-order valence-corrected chi connectivity index (χ4v) is 17.6. The molecule has 10 heterocycles. The van der Waals surface area contributed by atoms with Gasteiger partial charge in [0.15, 0.2) is 46.0 Å². The average Bonchev–Trinajstić information content (AvgIpc) is 1.59. The zero-order chi connectivity index (χ0) is 82.8. The molecule has 0 bridgehead atoms. The van der Waals surface area contributed by atoms with Crippen molar-refractivity contribution in [1.82, 2.24) is 29.6 Å². The lowest BCUT2D eigenvalue weighted by atomic mass is 10.0.